The van der Waals surface area contributed by atoms with E-state index < -0.39 is 22.0 Å². The molecule has 2 aromatic carbocycles. The minimum Gasteiger partial charge on any atom is -0.495 e. The van der Waals surface area contributed by atoms with E-state index in [1.54, 1.807) is 19.1 Å². The summed E-state index contributed by atoms with van der Waals surface area (Å²) in [6, 6.07) is 12.0. The van der Waals surface area contributed by atoms with E-state index in [2.05, 4.69) is 26.1 Å². The number of rotatable bonds is 9. The number of hydrogen-bond acceptors (Lipinski definition) is 5. The first-order valence-corrected chi connectivity index (χ1v) is 12.3. The number of carbonyl (C=O) groups is 1. The smallest absolute Gasteiger partial charge is 0.243 e. The largest absolute Gasteiger partial charge is 0.495 e. The predicted molar refractivity (Wildman–Crippen MR) is 128 cm³/mol. The molecule has 0 radical (unpaired) electrons. The average Bonchev–Trinajstić information content (AvgIpc) is 2.70. The summed E-state index contributed by atoms with van der Waals surface area (Å²) in [5.41, 5.74) is 2.19. The highest BCUT2D eigenvalue weighted by Crippen LogP contribution is 2.33. The number of carbonyl (C=O) groups excluding carboxylic acids is 1. The van der Waals surface area contributed by atoms with Crippen LogP contribution >= 0.6 is 0 Å². The number of amides is 1. The molecule has 0 saturated carbocycles. The maximum absolute atomic E-state index is 12.8. The second-order valence-corrected chi connectivity index (χ2v) is 10.7. The van der Waals surface area contributed by atoms with Crippen LogP contribution < -0.4 is 19.1 Å². The number of sulfonamides is 1. The third-order valence-corrected chi connectivity index (χ3v) is 6.24. The molecule has 0 aromatic heterocycles. The van der Waals surface area contributed by atoms with Gasteiger partial charge in [0.15, 0.2) is 0 Å². The van der Waals surface area contributed by atoms with Crippen LogP contribution in [0.4, 0.5) is 5.69 Å². The number of para-hydroxylation sites is 1. The minimum absolute atomic E-state index is 0.0722. The first-order chi connectivity index (χ1) is 14.9. The van der Waals surface area contributed by atoms with Gasteiger partial charge in [0.1, 0.15) is 24.1 Å². The lowest BCUT2D eigenvalue weighted by molar-refractivity contribution is -0.121. The van der Waals surface area contributed by atoms with Crippen molar-refractivity contribution >= 4 is 21.6 Å². The molecular weight excluding hydrogens is 428 g/mol. The molecule has 0 fully saturated rings. The Balaban J connectivity index is 2.10. The van der Waals surface area contributed by atoms with Crippen LogP contribution in [0.25, 0.3) is 0 Å². The summed E-state index contributed by atoms with van der Waals surface area (Å²) in [4.78, 5) is 12.8. The van der Waals surface area contributed by atoms with E-state index in [0.29, 0.717) is 11.4 Å². The standard InChI is InChI=1S/C24H34N2O5S/c1-17-12-13-22(30-6)20(16-17)26(32(7,28)29)18(2)23(27)25-14-15-31-21-11-9-8-10-19(21)24(3,4)5/h8-13,16,18H,14-15H2,1-7H3,(H,25,27). The topological polar surface area (TPSA) is 84.9 Å². The van der Waals surface area contributed by atoms with Crippen molar-refractivity contribution in [2.75, 3.05) is 30.8 Å². The molecule has 0 saturated heterocycles. The van der Waals surface area contributed by atoms with Gasteiger partial charge in [0, 0.05) is 0 Å². The third-order valence-electron chi connectivity index (χ3n) is 5.01. The monoisotopic (exact) mass is 462 g/mol. The van der Waals surface area contributed by atoms with Gasteiger partial charge in [0.2, 0.25) is 15.9 Å². The van der Waals surface area contributed by atoms with Crippen molar-refractivity contribution < 1.29 is 22.7 Å². The molecule has 32 heavy (non-hydrogen) atoms. The van der Waals surface area contributed by atoms with Gasteiger partial charge in [-0.1, -0.05) is 45.0 Å². The number of ether oxygens (including phenoxy) is 2. The Hall–Kier alpha value is -2.74. The van der Waals surface area contributed by atoms with Crippen molar-refractivity contribution in [1.29, 1.82) is 0 Å². The maximum atomic E-state index is 12.8. The van der Waals surface area contributed by atoms with Gasteiger partial charge >= 0.3 is 0 Å². The zero-order valence-corrected chi connectivity index (χ0v) is 20.7. The van der Waals surface area contributed by atoms with E-state index in [-0.39, 0.29) is 18.6 Å². The summed E-state index contributed by atoms with van der Waals surface area (Å²) in [6.45, 7) is 10.2. The van der Waals surface area contributed by atoms with Gasteiger partial charge in [-0.3, -0.25) is 9.10 Å². The normalized spacial score (nSPS) is 12.7. The lowest BCUT2D eigenvalue weighted by Crippen LogP contribution is -2.48. The van der Waals surface area contributed by atoms with Crippen molar-refractivity contribution in [3.63, 3.8) is 0 Å². The van der Waals surface area contributed by atoms with Gasteiger partial charge in [0.05, 0.1) is 25.6 Å². The highest BCUT2D eigenvalue weighted by molar-refractivity contribution is 7.92. The van der Waals surface area contributed by atoms with E-state index >= 15 is 0 Å². The molecule has 1 amide bonds. The van der Waals surface area contributed by atoms with Crippen molar-refractivity contribution in [2.45, 2.75) is 46.1 Å². The molecule has 1 N–H and O–H groups in total. The van der Waals surface area contributed by atoms with E-state index in [1.165, 1.54) is 7.11 Å². The molecule has 0 aliphatic carbocycles. The number of benzene rings is 2. The highest BCUT2D eigenvalue weighted by atomic mass is 32.2. The zero-order valence-electron chi connectivity index (χ0n) is 19.9. The van der Waals surface area contributed by atoms with Gasteiger partial charge < -0.3 is 14.8 Å². The van der Waals surface area contributed by atoms with Crippen LogP contribution in [-0.2, 0) is 20.2 Å². The minimum atomic E-state index is -3.75. The fourth-order valence-corrected chi connectivity index (χ4v) is 4.62. The molecule has 1 atom stereocenters. The van der Waals surface area contributed by atoms with Crippen LogP contribution in [0, 0.1) is 6.92 Å². The molecule has 7 nitrogen and oxygen atoms in total. The van der Waals surface area contributed by atoms with Crippen LogP contribution in [0.3, 0.4) is 0 Å². The summed E-state index contributed by atoms with van der Waals surface area (Å²) in [5.74, 6) is 0.721. The van der Waals surface area contributed by atoms with Crippen molar-refractivity contribution in [3.05, 3.63) is 53.6 Å². The molecule has 2 aromatic rings. The fourth-order valence-electron chi connectivity index (χ4n) is 3.45. The van der Waals surface area contributed by atoms with E-state index in [0.717, 1.165) is 27.4 Å². The Bertz CT molecular complexity index is 1040. The summed E-state index contributed by atoms with van der Waals surface area (Å²) in [5, 5.41) is 2.77. The number of aryl methyl sites for hydroxylation is 1. The van der Waals surface area contributed by atoms with Crippen LogP contribution in [0.15, 0.2) is 42.5 Å². The third kappa shape index (κ3) is 6.38. The maximum Gasteiger partial charge on any atom is 0.243 e. The van der Waals surface area contributed by atoms with Crippen LogP contribution in [0.5, 0.6) is 11.5 Å². The Kier molecular flexibility index (Phi) is 8.18. The molecule has 0 aliphatic heterocycles. The van der Waals surface area contributed by atoms with Gasteiger partial charge in [-0.2, -0.15) is 0 Å². The lowest BCUT2D eigenvalue weighted by Gasteiger charge is -2.29. The number of nitrogens with one attached hydrogen (secondary N) is 1. The van der Waals surface area contributed by atoms with Crippen molar-refractivity contribution in [1.82, 2.24) is 5.32 Å². The molecule has 176 valence electrons. The summed E-state index contributed by atoms with van der Waals surface area (Å²) < 4.78 is 37.5. The molecule has 0 aliphatic rings. The van der Waals surface area contributed by atoms with Gasteiger partial charge in [-0.05, 0) is 48.6 Å². The average molecular weight is 463 g/mol. The molecular formula is C24H34N2O5S. The lowest BCUT2D eigenvalue weighted by atomic mass is 9.86. The molecule has 8 heteroatoms. The van der Waals surface area contributed by atoms with E-state index in [9.17, 15) is 13.2 Å². The molecule has 0 spiro atoms. The van der Waals surface area contributed by atoms with E-state index in [4.69, 9.17) is 9.47 Å². The van der Waals surface area contributed by atoms with Crippen LogP contribution in [-0.4, -0.2) is 46.9 Å². The van der Waals surface area contributed by atoms with Crippen molar-refractivity contribution in [3.8, 4) is 11.5 Å². The highest BCUT2D eigenvalue weighted by Gasteiger charge is 2.31. The van der Waals surface area contributed by atoms with Crippen LogP contribution in [0.2, 0.25) is 0 Å². The summed E-state index contributed by atoms with van der Waals surface area (Å²) in [6.07, 6.45) is 1.07. The SMILES string of the molecule is COc1ccc(C)cc1N(C(C)C(=O)NCCOc1ccccc1C(C)(C)C)S(C)(=O)=O. The summed E-state index contributed by atoms with van der Waals surface area (Å²) in [7, 11) is -2.28. The van der Waals surface area contributed by atoms with Crippen molar-refractivity contribution in [2.24, 2.45) is 0 Å². The molecule has 1 unspecified atom stereocenters. The van der Waals surface area contributed by atoms with Gasteiger partial charge in [0.25, 0.3) is 0 Å². The molecule has 2 rings (SSSR count). The predicted octanol–water partition coefficient (Wildman–Crippen LogP) is 3.65. The number of methoxy groups -OCH3 is 1. The van der Waals surface area contributed by atoms with Gasteiger partial charge in [-0.25, -0.2) is 8.42 Å². The first kappa shape index (κ1) is 25.5. The molecule has 0 bridgehead atoms. The van der Waals surface area contributed by atoms with E-state index in [1.807, 2.05) is 37.3 Å². The van der Waals surface area contributed by atoms with Gasteiger partial charge in [-0.15, -0.1) is 0 Å². The zero-order chi connectivity index (χ0) is 24.1. The Labute approximate surface area is 191 Å². The molecule has 0 heterocycles. The fraction of sp³-hybridized carbons (Fsp3) is 0.458. The second kappa shape index (κ2) is 10.3. The summed E-state index contributed by atoms with van der Waals surface area (Å²) >= 11 is 0. The Morgan fingerprint density at radius 2 is 1.78 bits per heavy atom. The first-order valence-electron chi connectivity index (χ1n) is 10.5. The van der Waals surface area contributed by atoms with Crippen LogP contribution in [0.1, 0.15) is 38.8 Å². The Morgan fingerprint density at radius 3 is 2.38 bits per heavy atom. The quantitative estimate of drug-likeness (QED) is 0.575. The Morgan fingerprint density at radius 1 is 1.12 bits per heavy atom. The second-order valence-electron chi connectivity index (χ2n) is 8.80. The number of anilines is 1. The number of hydrogen-bond donors (Lipinski definition) is 1. The number of nitrogens with zero attached hydrogens (tertiary/aromatic N) is 1.